The van der Waals surface area contributed by atoms with E-state index in [0.29, 0.717) is 11.3 Å². The van der Waals surface area contributed by atoms with E-state index in [0.717, 1.165) is 11.4 Å². The molecule has 7 nitrogen and oxygen atoms in total. The van der Waals surface area contributed by atoms with Gasteiger partial charge in [0, 0.05) is 51.0 Å². The highest BCUT2D eigenvalue weighted by Gasteiger charge is 2.14. The lowest BCUT2D eigenvalue weighted by atomic mass is 10.2. The molecule has 2 aromatic rings. The van der Waals surface area contributed by atoms with Gasteiger partial charge in [0.25, 0.3) is 0 Å². The molecule has 0 aliphatic carbocycles. The second-order valence-electron chi connectivity index (χ2n) is 6.45. The quantitative estimate of drug-likeness (QED) is 0.744. The highest BCUT2D eigenvalue weighted by molar-refractivity contribution is 5.95. The molecular weight excluding hydrogens is 358 g/mol. The summed E-state index contributed by atoms with van der Waals surface area (Å²) in [5, 5.41) is 2.76. The zero-order valence-electron chi connectivity index (χ0n) is 16.6. The van der Waals surface area contributed by atoms with Gasteiger partial charge in [-0.05, 0) is 48.5 Å². The van der Waals surface area contributed by atoms with E-state index in [9.17, 15) is 14.4 Å². The van der Waals surface area contributed by atoms with Gasteiger partial charge in [-0.1, -0.05) is 0 Å². The molecule has 0 aliphatic heterocycles. The molecule has 2 amide bonds. The summed E-state index contributed by atoms with van der Waals surface area (Å²) in [5.74, 6) is -0.787. The molecule has 2 aromatic carbocycles. The number of carbonyl (C=O) groups excluding carboxylic acids is 3. The first-order valence-electron chi connectivity index (χ1n) is 8.85. The van der Waals surface area contributed by atoms with Crippen LogP contribution in [0.5, 0.6) is 0 Å². The van der Waals surface area contributed by atoms with Crippen molar-refractivity contribution < 1.29 is 19.1 Å². The number of ether oxygens (including phenoxy) is 1. The fourth-order valence-corrected chi connectivity index (χ4v) is 2.64. The normalized spacial score (nSPS) is 10.1. The van der Waals surface area contributed by atoms with E-state index >= 15 is 0 Å². The van der Waals surface area contributed by atoms with Crippen LogP contribution >= 0.6 is 0 Å². The van der Waals surface area contributed by atoms with E-state index < -0.39 is 5.97 Å². The summed E-state index contributed by atoms with van der Waals surface area (Å²) in [4.78, 5) is 39.2. The molecular formula is C21H25N3O4. The highest BCUT2D eigenvalue weighted by atomic mass is 16.5. The van der Waals surface area contributed by atoms with Crippen LogP contribution in [-0.2, 0) is 14.3 Å². The molecule has 7 heteroatoms. The van der Waals surface area contributed by atoms with Gasteiger partial charge in [0.2, 0.25) is 11.8 Å². The van der Waals surface area contributed by atoms with E-state index in [2.05, 4.69) is 10.1 Å². The minimum atomic E-state index is -0.435. The van der Waals surface area contributed by atoms with Crippen LogP contribution in [0.25, 0.3) is 0 Å². The molecule has 0 saturated heterocycles. The largest absolute Gasteiger partial charge is 0.465 e. The van der Waals surface area contributed by atoms with Crippen LogP contribution in [0.4, 0.5) is 17.1 Å². The molecule has 28 heavy (non-hydrogen) atoms. The molecule has 0 radical (unpaired) electrons. The Bertz CT molecular complexity index is 830. The third kappa shape index (κ3) is 5.57. The molecule has 0 heterocycles. The van der Waals surface area contributed by atoms with E-state index in [1.54, 1.807) is 29.2 Å². The Labute approximate surface area is 164 Å². The number of nitrogens with one attached hydrogen (secondary N) is 1. The van der Waals surface area contributed by atoms with E-state index in [-0.39, 0.29) is 24.8 Å². The maximum absolute atomic E-state index is 12.2. The Morgan fingerprint density at radius 3 is 2.00 bits per heavy atom. The van der Waals surface area contributed by atoms with Crippen molar-refractivity contribution in [3.63, 3.8) is 0 Å². The molecule has 1 N–H and O–H groups in total. The van der Waals surface area contributed by atoms with Crippen molar-refractivity contribution >= 4 is 34.8 Å². The van der Waals surface area contributed by atoms with E-state index in [1.807, 2.05) is 43.3 Å². The SMILES string of the molecule is COC(=O)c1ccc(NC(=O)CCN(C(C)=O)c2ccc(N(C)C)cc2)cc1. The van der Waals surface area contributed by atoms with Crippen molar-refractivity contribution in [1.82, 2.24) is 0 Å². The van der Waals surface area contributed by atoms with Crippen LogP contribution in [0.15, 0.2) is 48.5 Å². The first-order chi connectivity index (χ1) is 13.3. The van der Waals surface area contributed by atoms with E-state index in [4.69, 9.17) is 0 Å². The summed E-state index contributed by atoms with van der Waals surface area (Å²) in [6.45, 7) is 1.74. The average Bonchev–Trinajstić information content (AvgIpc) is 2.68. The van der Waals surface area contributed by atoms with Crippen LogP contribution in [0.1, 0.15) is 23.7 Å². The highest BCUT2D eigenvalue weighted by Crippen LogP contribution is 2.20. The zero-order valence-corrected chi connectivity index (χ0v) is 16.6. The number of carbonyl (C=O) groups is 3. The van der Waals surface area contributed by atoms with Gasteiger partial charge in [0.05, 0.1) is 12.7 Å². The number of benzene rings is 2. The van der Waals surface area contributed by atoms with Crippen molar-refractivity contribution in [2.75, 3.05) is 42.9 Å². The molecule has 0 bridgehead atoms. The predicted molar refractivity (Wildman–Crippen MR) is 110 cm³/mol. The van der Waals surface area contributed by atoms with Crippen LogP contribution in [0, 0.1) is 0 Å². The molecule has 0 saturated carbocycles. The minimum absolute atomic E-state index is 0.132. The summed E-state index contributed by atoms with van der Waals surface area (Å²) >= 11 is 0. The predicted octanol–water partition coefficient (Wildman–Crippen LogP) is 2.92. The number of hydrogen-bond acceptors (Lipinski definition) is 5. The number of nitrogens with zero attached hydrogens (tertiary/aromatic N) is 2. The minimum Gasteiger partial charge on any atom is -0.465 e. The fraction of sp³-hybridized carbons (Fsp3) is 0.286. The molecule has 148 valence electrons. The lowest BCUT2D eigenvalue weighted by Crippen LogP contribution is -2.32. The molecule has 0 unspecified atom stereocenters. The topological polar surface area (TPSA) is 79.0 Å². The molecule has 2 rings (SSSR count). The third-order valence-corrected chi connectivity index (χ3v) is 4.21. The number of methoxy groups -OCH3 is 1. The summed E-state index contributed by atoms with van der Waals surface area (Å²) < 4.78 is 4.64. The van der Waals surface area contributed by atoms with Crippen molar-refractivity contribution in [1.29, 1.82) is 0 Å². The summed E-state index contributed by atoms with van der Waals surface area (Å²) in [6.07, 6.45) is 0.147. The molecule has 0 spiro atoms. The van der Waals surface area contributed by atoms with Crippen LogP contribution in [0.2, 0.25) is 0 Å². The van der Waals surface area contributed by atoms with Crippen LogP contribution in [-0.4, -0.2) is 45.5 Å². The van der Waals surface area contributed by atoms with Crippen molar-refractivity contribution in [3.8, 4) is 0 Å². The molecule has 0 aliphatic rings. The Balaban J connectivity index is 1.96. The van der Waals surface area contributed by atoms with Gasteiger partial charge in [-0.15, -0.1) is 0 Å². The smallest absolute Gasteiger partial charge is 0.337 e. The Kier molecular flexibility index (Phi) is 7.14. The number of hydrogen-bond donors (Lipinski definition) is 1. The number of amides is 2. The van der Waals surface area contributed by atoms with Crippen molar-refractivity contribution in [2.45, 2.75) is 13.3 Å². The van der Waals surface area contributed by atoms with Gasteiger partial charge in [0.1, 0.15) is 0 Å². The molecule has 0 aromatic heterocycles. The van der Waals surface area contributed by atoms with Gasteiger partial charge >= 0.3 is 5.97 Å². The van der Waals surface area contributed by atoms with Gasteiger partial charge in [0.15, 0.2) is 0 Å². The third-order valence-electron chi connectivity index (χ3n) is 4.21. The lowest BCUT2D eigenvalue weighted by Gasteiger charge is -2.22. The van der Waals surface area contributed by atoms with Gasteiger partial charge in [-0.2, -0.15) is 0 Å². The average molecular weight is 383 g/mol. The summed E-state index contributed by atoms with van der Waals surface area (Å²) in [5.41, 5.74) is 2.75. The number of rotatable bonds is 7. The maximum Gasteiger partial charge on any atom is 0.337 e. The molecule has 0 fully saturated rings. The van der Waals surface area contributed by atoms with Crippen molar-refractivity contribution in [2.24, 2.45) is 0 Å². The second kappa shape index (κ2) is 9.55. The first-order valence-corrected chi connectivity index (χ1v) is 8.85. The van der Waals surface area contributed by atoms with Crippen LogP contribution in [0.3, 0.4) is 0 Å². The zero-order chi connectivity index (χ0) is 20.7. The van der Waals surface area contributed by atoms with Crippen LogP contribution < -0.4 is 15.1 Å². The first kappa shape index (κ1) is 21.0. The standard InChI is InChI=1S/C21H25N3O4/c1-15(25)24(19-11-9-18(10-12-19)23(2)3)14-13-20(26)22-17-7-5-16(6-8-17)21(27)28-4/h5-12H,13-14H2,1-4H3,(H,22,26). The Morgan fingerprint density at radius 2 is 1.50 bits per heavy atom. The number of anilines is 3. The maximum atomic E-state index is 12.2. The number of esters is 1. The van der Waals surface area contributed by atoms with Gasteiger partial charge in [-0.3, -0.25) is 9.59 Å². The summed E-state index contributed by atoms with van der Waals surface area (Å²) in [7, 11) is 5.20. The lowest BCUT2D eigenvalue weighted by molar-refractivity contribution is -0.117. The Hall–Kier alpha value is -3.35. The molecule has 0 atom stereocenters. The summed E-state index contributed by atoms with van der Waals surface area (Å²) in [6, 6.07) is 14.0. The van der Waals surface area contributed by atoms with Gasteiger partial charge in [-0.25, -0.2) is 4.79 Å². The second-order valence-corrected chi connectivity index (χ2v) is 6.45. The monoisotopic (exact) mass is 383 g/mol. The van der Waals surface area contributed by atoms with Gasteiger partial charge < -0.3 is 19.9 Å². The fourth-order valence-electron chi connectivity index (χ4n) is 2.64. The van der Waals surface area contributed by atoms with E-state index in [1.165, 1.54) is 14.0 Å². The Morgan fingerprint density at radius 1 is 0.929 bits per heavy atom. The van der Waals surface area contributed by atoms with Crippen molar-refractivity contribution in [3.05, 3.63) is 54.1 Å².